The minimum absolute atomic E-state index is 0.205. The maximum absolute atomic E-state index is 12.1. The van der Waals surface area contributed by atoms with Crippen molar-refractivity contribution in [2.45, 2.75) is 32.8 Å². The van der Waals surface area contributed by atoms with Gasteiger partial charge in [-0.25, -0.2) is 5.01 Å². The van der Waals surface area contributed by atoms with Crippen molar-refractivity contribution in [2.75, 3.05) is 0 Å². The minimum atomic E-state index is -0.393. The van der Waals surface area contributed by atoms with E-state index in [1.807, 2.05) is 55.5 Å². The van der Waals surface area contributed by atoms with Crippen LogP contribution in [-0.2, 0) is 16.2 Å². The zero-order valence-corrected chi connectivity index (χ0v) is 16.2. The van der Waals surface area contributed by atoms with Gasteiger partial charge in [0.25, 0.3) is 0 Å². The molecular weight excluding hydrogens is 362 g/mol. The summed E-state index contributed by atoms with van der Waals surface area (Å²) in [4.78, 5) is 23.5. The second-order valence-corrected chi connectivity index (χ2v) is 7.30. The maximum atomic E-state index is 12.1. The van der Waals surface area contributed by atoms with E-state index in [2.05, 4.69) is 10.4 Å². The van der Waals surface area contributed by atoms with Gasteiger partial charge in [-0.15, -0.1) is 5.10 Å². The number of nitrogens with one attached hydrogen (secondary N) is 1. The molecule has 0 saturated carbocycles. The van der Waals surface area contributed by atoms with Crippen LogP contribution in [-0.4, -0.2) is 22.0 Å². The molecule has 140 valence electrons. The quantitative estimate of drug-likeness (QED) is 0.876. The molecule has 0 aromatic heterocycles. The summed E-state index contributed by atoms with van der Waals surface area (Å²) >= 11 is 1.32. The monoisotopic (exact) mass is 383 g/mol. The number of hydrogen-bond donors (Lipinski definition) is 1. The van der Waals surface area contributed by atoms with Crippen molar-refractivity contribution in [3.05, 3.63) is 65.2 Å². The lowest BCUT2D eigenvalue weighted by Crippen LogP contribution is -2.25. The van der Waals surface area contributed by atoms with Crippen LogP contribution in [0, 0.1) is 6.92 Å². The molecule has 1 N–H and O–H groups in total. The van der Waals surface area contributed by atoms with Crippen LogP contribution in [0.2, 0.25) is 0 Å². The Morgan fingerprint density at radius 3 is 2.59 bits per heavy atom. The molecule has 0 spiro atoms. The molecule has 7 heteroatoms. The predicted octanol–water partition coefficient (Wildman–Crippen LogP) is 3.58. The molecule has 0 aliphatic carbocycles. The Morgan fingerprint density at radius 1 is 1.19 bits per heavy atom. The lowest BCUT2D eigenvalue weighted by Gasteiger charge is -2.22. The molecular formula is C20H21N3O3S. The number of hydrazone groups is 1. The summed E-state index contributed by atoms with van der Waals surface area (Å²) in [5, 5.41) is 8.29. The van der Waals surface area contributed by atoms with Crippen molar-refractivity contribution in [1.29, 1.82) is 0 Å². The van der Waals surface area contributed by atoms with Crippen LogP contribution in [0.5, 0.6) is 5.75 Å². The third-order valence-corrected chi connectivity index (χ3v) is 5.00. The minimum Gasteiger partial charge on any atom is -0.489 e. The van der Waals surface area contributed by atoms with Gasteiger partial charge in [0.15, 0.2) is 5.17 Å². The van der Waals surface area contributed by atoms with Crippen molar-refractivity contribution in [3.63, 3.8) is 0 Å². The van der Waals surface area contributed by atoms with Gasteiger partial charge < -0.3 is 10.1 Å². The van der Waals surface area contributed by atoms with Gasteiger partial charge in [0, 0.05) is 19.4 Å². The van der Waals surface area contributed by atoms with Crippen LogP contribution in [0.4, 0.5) is 0 Å². The molecule has 0 saturated heterocycles. The fraction of sp³-hybridized carbons (Fsp3) is 0.250. The summed E-state index contributed by atoms with van der Waals surface area (Å²) in [6, 6.07) is 15.7. The molecule has 1 atom stereocenters. The van der Waals surface area contributed by atoms with E-state index < -0.39 is 5.37 Å². The summed E-state index contributed by atoms with van der Waals surface area (Å²) in [6.45, 7) is 5.27. The van der Waals surface area contributed by atoms with Gasteiger partial charge in [-0.05, 0) is 24.6 Å². The molecule has 0 radical (unpaired) electrons. The average molecular weight is 383 g/mol. The van der Waals surface area contributed by atoms with Crippen LogP contribution in [0.1, 0.15) is 35.9 Å². The first kappa shape index (κ1) is 19.0. The number of benzene rings is 2. The number of amides is 2. The summed E-state index contributed by atoms with van der Waals surface area (Å²) in [7, 11) is 0. The SMILES string of the molecule is CC(=O)NC1=NN(C(C)=O)C(c2cc(C)ccc2OCc2ccccc2)S1. The third kappa shape index (κ3) is 4.68. The number of rotatable bonds is 4. The molecule has 3 rings (SSSR count). The van der Waals surface area contributed by atoms with E-state index in [0.29, 0.717) is 17.5 Å². The second-order valence-electron chi connectivity index (χ2n) is 6.24. The zero-order chi connectivity index (χ0) is 19.4. The van der Waals surface area contributed by atoms with E-state index in [1.165, 1.54) is 30.6 Å². The van der Waals surface area contributed by atoms with Crippen molar-refractivity contribution >= 4 is 28.7 Å². The predicted molar refractivity (Wildman–Crippen MR) is 106 cm³/mol. The third-order valence-electron chi connectivity index (χ3n) is 3.92. The van der Waals surface area contributed by atoms with Crippen LogP contribution >= 0.6 is 11.8 Å². The summed E-state index contributed by atoms with van der Waals surface area (Å²) in [5.74, 6) is 0.256. The van der Waals surface area contributed by atoms with E-state index in [0.717, 1.165) is 16.7 Å². The maximum Gasteiger partial charge on any atom is 0.241 e. The number of nitrogens with zero attached hydrogens (tertiary/aromatic N) is 2. The van der Waals surface area contributed by atoms with E-state index in [-0.39, 0.29) is 11.8 Å². The lowest BCUT2D eigenvalue weighted by molar-refractivity contribution is -0.129. The molecule has 1 heterocycles. The van der Waals surface area contributed by atoms with E-state index >= 15 is 0 Å². The number of thioether (sulfide) groups is 1. The number of amidine groups is 1. The molecule has 2 amide bonds. The number of ether oxygens (including phenoxy) is 1. The van der Waals surface area contributed by atoms with Gasteiger partial charge in [0.05, 0.1) is 0 Å². The molecule has 1 aliphatic rings. The Morgan fingerprint density at radius 2 is 1.93 bits per heavy atom. The van der Waals surface area contributed by atoms with Crippen molar-refractivity contribution in [2.24, 2.45) is 5.10 Å². The Kier molecular flexibility index (Phi) is 5.81. The fourth-order valence-corrected chi connectivity index (χ4v) is 3.85. The largest absolute Gasteiger partial charge is 0.489 e. The molecule has 6 nitrogen and oxygen atoms in total. The Hall–Kier alpha value is -2.80. The number of hydrogen-bond acceptors (Lipinski definition) is 5. The van der Waals surface area contributed by atoms with Crippen LogP contribution in [0.3, 0.4) is 0 Å². The first-order valence-electron chi connectivity index (χ1n) is 8.54. The van der Waals surface area contributed by atoms with Gasteiger partial charge in [-0.3, -0.25) is 9.59 Å². The highest BCUT2D eigenvalue weighted by Crippen LogP contribution is 2.43. The standard InChI is InChI=1S/C20H21N3O3S/c1-13-9-10-18(26-12-16-7-5-4-6-8-16)17(11-13)19-23(15(3)25)22-20(27-19)21-14(2)24/h4-11,19H,12H2,1-3H3,(H,21,22,24). The van der Waals surface area contributed by atoms with Crippen molar-refractivity contribution in [1.82, 2.24) is 10.3 Å². The molecule has 0 fully saturated rings. The summed E-state index contributed by atoms with van der Waals surface area (Å²) in [5.41, 5.74) is 2.95. The smallest absolute Gasteiger partial charge is 0.241 e. The van der Waals surface area contributed by atoms with Gasteiger partial charge >= 0.3 is 0 Å². The molecule has 1 unspecified atom stereocenters. The van der Waals surface area contributed by atoms with E-state index in [4.69, 9.17) is 4.74 Å². The highest BCUT2D eigenvalue weighted by atomic mass is 32.2. The van der Waals surface area contributed by atoms with Crippen molar-refractivity contribution in [3.8, 4) is 5.75 Å². The highest BCUT2D eigenvalue weighted by molar-refractivity contribution is 8.14. The zero-order valence-electron chi connectivity index (χ0n) is 15.4. The fourth-order valence-electron chi connectivity index (χ4n) is 2.69. The van der Waals surface area contributed by atoms with E-state index in [9.17, 15) is 9.59 Å². The highest BCUT2D eigenvalue weighted by Gasteiger charge is 2.34. The number of carbonyl (C=O) groups excluding carboxylic acids is 2. The lowest BCUT2D eigenvalue weighted by atomic mass is 10.1. The normalized spacial score (nSPS) is 16.0. The van der Waals surface area contributed by atoms with Crippen LogP contribution in [0.25, 0.3) is 0 Å². The van der Waals surface area contributed by atoms with Gasteiger partial charge in [0.1, 0.15) is 17.7 Å². The Balaban J connectivity index is 1.87. The topological polar surface area (TPSA) is 71.0 Å². The Bertz CT molecular complexity index is 883. The van der Waals surface area contributed by atoms with Crippen LogP contribution < -0.4 is 10.1 Å². The van der Waals surface area contributed by atoms with E-state index in [1.54, 1.807) is 0 Å². The second kappa shape index (κ2) is 8.26. The van der Waals surface area contributed by atoms with Crippen molar-refractivity contribution < 1.29 is 14.3 Å². The first-order valence-corrected chi connectivity index (χ1v) is 9.42. The number of aryl methyl sites for hydroxylation is 1. The summed E-state index contributed by atoms with van der Waals surface area (Å²) < 4.78 is 6.05. The molecule has 0 bridgehead atoms. The molecule has 2 aromatic carbocycles. The van der Waals surface area contributed by atoms with Gasteiger partial charge in [-0.2, -0.15) is 0 Å². The van der Waals surface area contributed by atoms with Gasteiger partial charge in [-0.1, -0.05) is 53.7 Å². The molecule has 1 aliphatic heterocycles. The Labute approximate surface area is 162 Å². The molecule has 27 heavy (non-hydrogen) atoms. The molecule has 2 aromatic rings. The number of carbonyl (C=O) groups is 2. The van der Waals surface area contributed by atoms with Crippen LogP contribution in [0.15, 0.2) is 53.6 Å². The van der Waals surface area contributed by atoms with Gasteiger partial charge in [0.2, 0.25) is 11.8 Å². The first-order chi connectivity index (χ1) is 12.9. The average Bonchev–Trinajstić information content (AvgIpc) is 3.04. The summed E-state index contributed by atoms with van der Waals surface area (Å²) in [6.07, 6.45) is 0.